The lowest BCUT2D eigenvalue weighted by Gasteiger charge is -2.15. The Morgan fingerprint density at radius 3 is 2.43 bits per heavy atom. The van der Waals surface area contributed by atoms with Crippen LogP contribution in [0.2, 0.25) is 0 Å². The standard InChI is InChI=1S/C17H25N5O/c1-11(2)22-13(4)16(10-20-22)12(3)19-9-14-5-7-15(8-6-14)21-17(18)23/h5-8,10-12,19H,9H2,1-4H3,(H3,18,21,23)/t12-/m0/s1. The highest BCUT2D eigenvalue weighted by atomic mass is 16.2. The SMILES string of the molecule is Cc1c([C@H](C)NCc2ccc(NC(N)=O)cc2)cnn1C(C)C. The van der Waals surface area contributed by atoms with E-state index >= 15 is 0 Å². The van der Waals surface area contributed by atoms with Gasteiger partial charge in [-0.2, -0.15) is 5.10 Å². The van der Waals surface area contributed by atoms with E-state index in [0.29, 0.717) is 11.7 Å². The summed E-state index contributed by atoms with van der Waals surface area (Å²) in [5.74, 6) is 0. The van der Waals surface area contributed by atoms with Crippen LogP contribution in [-0.4, -0.2) is 15.8 Å². The minimum Gasteiger partial charge on any atom is -0.351 e. The predicted molar refractivity (Wildman–Crippen MR) is 92.3 cm³/mol. The van der Waals surface area contributed by atoms with Crippen molar-refractivity contribution in [2.45, 2.75) is 46.3 Å². The molecule has 0 aliphatic rings. The van der Waals surface area contributed by atoms with Gasteiger partial charge in [0.25, 0.3) is 0 Å². The number of carbonyl (C=O) groups excluding carboxylic acids is 1. The lowest BCUT2D eigenvalue weighted by atomic mass is 10.1. The molecule has 1 aromatic carbocycles. The van der Waals surface area contributed by atoms with Crippen LogP contribution in [0.1, 0.15) is 49.7 Å². The Morgan fingerprint density at radius 2 is 1.91 bits per heavy atom. The van der Waals surface area contributed by atoms with Crippen molar-refractivity contribution in [3.63, 3.8) is 0 Å². The molecule has 0 saturated heterocycles. The molecule has 0 fully saturated rings. The number of nitrogens with one attached hydrogen (secondary N) is 2. The van der Waals surface area contributed by atoms with E-state index in [-0.39, 0.29) is 6.04 Å². The van der Waals surface area contributed by atoms with Crippen LogP contribution < -0.4 is 16.4 Å². The molecule has 124 valence electrons. The number of benzene rings is 1. The van der Waals surface area contributed by atoms with Crippen LogP contribution in [0.4, 0.5) is 10.5 Å². The van der Waals surface area contributed by atoms with Crippen LogP contribution in [0.25, 0.3) is 0 Å². The molecule has 23 heavy (non-hydrogen) atoms. The number of aromatic nitrogens is 2. The lowest BCUT2D eigenvalue weighted by Crippen LogP contribution is -2.20. The molecule has 1 heterocycles. The van der Waals surface area contributed by atoms with E-state index in [1.54, 1.807) is 0 Å². The maximum absolute atomic E-state index is 10.8. The molecule has 4 N–H and O–H groups in total. The molecule has 1 atom stereocenters. The smallest absolute Gasteiger partial charge is 0.316 e. The number of amides is 2. The summed E-state index contributed by atoms with van der Waals surface area (Å²) in [7, 11) is 0. The van der Waals surface area contributed by atoms with Crippen LogP contribution in [0.5, 0.6) is 0 Å². The fourth-order valence-electron chi connectivity index (χ4n) is 2.61. The number of nitrogens with zero attached hydrogens (tertiary/aromatic N) is 2. The third-order valence-corrected chi connectivity index (χ3v) is 3.87. The average molecular weight is 315 g/mol. The Balaban J connectivity index is 1.96. The van der Waals surface area contributed by atoms with Crippen molar-refractivity contribution in [2.24, 2.45) is 5.73 Å². The summed E-state index contributed by atoms with van der Waals surface area (Å²) in [4.78, 5) is 10.8. The number of hydrogen-bond acceptors (Lipinski definition) is 3. The van der Waals surface area contributed by atoms with Crippen LogP contribution in [0.15, 0.2) is 30.5 Å². The van der Waals surface area contributed by atoms with Crippen molar-refractivity contribution in [3.8, 4) is 0 Å². The van der Waals surface area contributed by atoms with Gasteiger partial charge >= 0.3 is 6.03 Å². The molecule has 0 aliphatic carbocycles. The normalized spacial score (nSPS) is 12.4. The second-order valence-corrected chi connectivity index (χ2v) is 6.01. The lowest BCUT2D eigenvalue weighted by molar-refractivity contribution is 0.259. The van der Waals surface area contributed by atoms with Crippen LogP contribution in [-0.2, 0) is 6.54 Å². The zero-order valence-electron chi connectivity index (χ0n) is 14.1. The summed E-state index contributed by atoms with van der Waals surface area (Å²) in [6, 6.07) is 7.64. The van der Waals surface area contributed by atoms with Gasteiger partial charge in [0.15, 0.2) is 0 Å². The first-order valence-electron chi connectivity index (χ1n) is 7.81. The molecule has 0 saturated carbocycles. The molecule has 2 aromatic rings. The second kappa shape index (κ2) is 7.28. The summed E-state index contributed by atoms with van der Waals surface area (Å²) in [5, 5.41) is 10.5. The minimum atomic E-state index is -0.554. The molecule has 0 aliphatic heterocycles. The van der Waals surface area contributed by atoms with Crippen LogP contribution in [0.3, 0.4) is 0 Å². The van der Waals surface area contributed by atoms with Gasteiger partial charge < -0.3 is 16.4 Å². The third-order valence-electron chi connectivity index (χ3n) is 3.87. The monoisotopic (exact) mass is 315 g/mol. The van der Waals surface area contributed by atoms with Gasteiger partial charge in [-0.25, -0.2) is 4.79 Å². The topological polar surface area (TPSA) is 85.0 Å². The molecule has 0 unspecified atom stereocenters. The first-order valence-corrected chi connectivity index (χ1v) is 7.81. The van der Waals surface area contributed by atoms with Crippen molar-refractivity contribution in [2.75, 3.05) is 5.32 Å². The summed E-state index contributed by atoms with van der Waals surface area (Å²) < 4.78 is 2.04. The Kier molecular flexibility index (Phi) is 5.39. The van der Waals surface area contributed by atoms with Crippen molar-refractivity contribution < 1.29 is 4.79 Å². The van der Waals surface area contributed by atoms with Crippen molar-refractivity contribution >= 4 is 11.7 Å². The Morgan fingerprint density at radius 1 is 1.26 bits per heavy atom. The van der Waals surface area contributed by atoms with Crippen molar-refractivity contribution in [3.05, 3.63) is 47.3 Å². The third kappa shape index (κ3) is 4.32. The van der Waals surface area contributed by atoms with Crippen LogP contribution >= 0.6 is 0 Å². The predicted octanol–water partition coefficient (Wildman–Crippen LogP) is 3.11. The number of hydrogen-bond donors (Lipinski definition) is 3. The highest BCUT2D eigenvalue weighted by Crippen LogP contribution is 2.20. The molecular formula is C17H25N5O. The zero-order valence-corrected chi connectivity index (χ0v) is 14.1. The highest BCUT2D eigenvalue weighted by Gasteiger charge is 2.14. The van der Waals surface area contributed by atoms with E-state index in [2.05, 4.69) is 43.4 Å². The van der Waals surface area contributed by atoms with Gasteiger partial charge in [-0.1, -0.05) is 12.1 Å². The second-order valence-electron chi connectivity index (χ2n) is 6.01. The maximum Gasteiger partial charge on any atom is 0.316 e. The molecular weight excluding hydrogens is 290 g/mol. The number of anilines is 1. The summed E-state index contributed by atoms with van der Waals surface area (Å²) >= 11 is 0. The van der Waals surface area contributed by atoms with Gasteiger partial charge in [-0.15, -0.1) is 0 Å². The van der Waals surface area contributed by atoms with E-state index < -0.39 is 6.03 Å². The van der Waals surface area contributed by atoms with Gasteiger partial charge in [0.05, 0.1) is 6.20 Å². The molecule has 2 amide bonds. The first kappa shape index (κ1) is 17.0. The van der Waals surface area contributed by atoms with Gasteiger partial charge in [0, 0.05) is 35.6 Å². The first-order chi connectivity index (χ1) is 10.9. The molecule has 1 aromatic heterocycles. The average Bonchev–Trinajstić information content (AvgIpc) is 2.87. The van der Waals surface area contributed by atoms with Gasteiger partial charge in [-0.05, 0) is 45.4 Å². The van der Waals surface area contributed by atoms with Gasteiger partial charge in [0.1, 0.15) is 0 Å². The molecule has 6 heteroatoms. The van der Waals surface area contributed by atoms with Gasteiger partial charge in [0.2, 0.25) is 0 Å². The zero-order chi connectivity index (χ0) is 17.0. The van der Waals surface area contributed by atoms with Gasteiger partial charge in [-0.3, -0.25) is 4.68 Å². The molecule has 2 rings (SSSR count). The fourth-order valence-corrected chi connectivity index (χ4v) is 2.61. The number of rotatable bonds is 6. The highest BCUT2D eigenvalue weighted by molar-refractivity contribution is 5.87. The Bertz CT molecular complexity index is 660. The summed E-state index contributed by atoms with van der Waals surface area (Å²) in [5.41, 5.74) is 9.34. The van der Waals surface area contributed by atoms with Crippen LogP contribution in [0, 0.1) is 6.92 Å². The summed E-state index contributed by atoms with van der Waals surface area (Å²) in [6.45, 7) is 9.24. The molecule has 0 spiro atoms. The van der Waals surface area contributed by atoms with Crippen molar-refractivity contribution in [1.82, 2.24) is 15.1 Å². The molecule has 0 bridgehead atoms. The Hall–Kier alpha value is -2.34. The quantitative estimate of drug-likeness (QED) is 0.765. The summed E-state index contributed by atoms with van der Waals surface area (Å²) in [6.07, 6.45) is 1.94. The number of urea groups is 1. The van der Waals surface area contributed by atoms with E-state index in [0.717, 1.165) is 12.1 Å². The Labute approximate surface area is 137 Å². The number of carbonyl (C=O) groups is 1. The largest absolute Gasteiger partial charge is 0.351 e. The maximum atomic E-state index is 10.8. The molecule has 6 nitrogen and oxygen atoms in total. The minimum absolute atomic E-state index is 0.214. The van der Waals surface area contributed by atoms with Crippen molar-refractivity contribution in [1.29, 1.82) is 0 Å². The van der Waals surface area contributed by atoms with E-state index in [4.69, 9.17) is 5.73 Å². The number of primary amides is 1. The molecule has 0 radical (unpaired) electrons. The van der Waals surface area contributed by atoms with E-state index in [1.807, 2.05) is 35.1 Å². The number of nitrogens with two attached hydrogens (primary N) is 1. The fraction of sp³-hybridized carbons (Fsp3) is 0.412. The van der Waals surface area contributed by atoms with E-state index in [1.165, 1.54) is 11.3 Å². The van der Waals surface area contributed by atoms with E-state index in [9.17, 15) is 4.79 Å².